The van der Waals surface area contributed by atoms with Gasteiger partial charge in [-0.25, -0.2) is 9.78 Å². The van der Waals surface area contributed by atoms with Crippen LogP contribution >= 0.6 is 0 Å². The van der Waals surface area contributed by atoms with Gasteiger partial charge in [-0.15, -0.1) is 0 Å². The van der Waals surface area contributed by atoms with E-state index in [2.05, 4.69) is 9.72 Å². The number of nitrogens with zero attached hydrogens (tertiary/aromatic N) is 1. The molecule has 0 saturated heterocycles. The third-order valence-electron chi connectivity index (χ3n) is 1.52. The highest BCUT2D eigenvalue weighted by Gasteiger charge is 2.16. The second-order valence-electron chi connectivity index (χ2n) is 2.27. The van der Waals surface area contributed by atoms with E-state index in [1.54, 1.807) is 6.07 Å². The van der Waals surface area contributed by atoms with E-state index < -0.39 is 5.97 Å². The molecule has 0 amide bonds. The Balaban J connectivity index is 3.20. The molecule has 0 saturated carbocycles. The number of methoxy groups -OCH3 is 2. The number of anilines is 1. The molecule has 1 heterocycles. The number of ether oxygens (including phenoxy) is 2. The van der Waals surface area contributed by atoms with Crippen molar-refractivity contribution in [3.63, 3.8) is 0 Å². The fourth-order valence-electron chi connectivity index (χ4n) is 0.920. The van der Waals surface area contributed by atoms with E-state index in [-0.39, 0.29) is 11.4 Å². The fourth-order valence-corrected chi connectivity index (χ4v) is 0.920. The van der Waals surface area contributed by atoms with E-state index in [0.29, 0.717) is 5.69 Å². The predicted molar refractivity (Wildman–Crippen MR) is 46.5 cm³/mol. The van der Waals surface area contributed by atoms with Crippen molar-refractivity contribution in [2.45, 2.75) is 0 Å². The van der Waals surface area contributed by atoms with Crippen LogP contribution in [0.2, 0.25) is 0 Å². The third kappa shape index (κ3) is 1.69. The van der Waals surface area contributed by atoms with Crippen molar-refractivity contribution in [1.29, 1.82) is 0 Å². The minimum absolute atomic E-state index is 0.0880. The van der Waals surface area contributed by atoms with Crippen LogP contribution < -0.4 is 10.5 Å². The number of pyridine rings is 1. The first-order valence-corrected chi connectivity index (χ1v) is 3.57. The lowest BCUT2D eigenvalue weighted by Gasteiger charge is -2.07. The van der Waals surface area contributed by atoms with Crippen molar-refractivity contribution in [3.05, 3.63) is 18.0 Å². The summed E-state index contributed by atoms with van der Waals surface area (Å²) in [6, 6.07) is 1.55. The van der Waals surface area contributed by atoms with Gasteiger partial charge in [0.05, 0.1) is 19.9 Å². The SMILES string of the molecule is COC(=O)c1nccc(N)c1OC. The van der Waals surface area contributed by atoms with Gasteiger partial charge in [0.25, 0.3) is 0 Å². The zero-order chi connectivity index (χ0) is 9.84. The Labute approximate surface area is 75.5 Å². The number of nitrogens with two attached hydrogens (primary N) is 1. The molecule has 0 aromatic carbocycles. The van der Waals surface area contributed by atoms with Gasteiger partial charge in [0.15, 0.2) is 11.4 Å². The van der Waals surface area contributed by atoms with Crippen molar-refractivity contribution < 1.29 is 14.3 Å². The normalized spacial score (nSPS) is 9.38. The van der Waals surface area contributed by atoms with Crippen LogP contribution in [0.3, 0.4) is 0 Å². The number of rotatable bonds is 2. The number of carbonyl (C=O) groups is 1. The van der Waals surface area contributed by atoms with Gasteiger partial charge in [0.2, 0.25) is 0 Å². The minimum atomic E-state index is -0.566. The highest BCUT2D eigenvalue weighted by Crippen LogP contribution is 2.23. The van der Waals surface area contributed by atoms with Gasteiger partial charge < -0.3 is 15.2 Å². The molecule has 1 rings (SSSR count). The van der Waals surface area contributed by atoms with Gasteiger partial charge in [-0.2, -0.15) is 0 Å². The third-order valence-corrected chi connectivity index (χ3v) is 1.52. The van der Waals surface area contributed by atoms with Crippen LogP contribution in [-0.4, -0.2) is 25.2 Å². The molecule has 0 aliphatic carbocycles. The maximum atomic E-state index is 11.1. The molecule has 0 aliphatic heterocycles. The number of nitrogen functional groups attached to an aromatic ring is 1. The van der Waals surface area contributed by atoms with Crippen molar-refractivity contribution in [1.82, 2.24) is 4.98 Å². The average Bonchev–Trinajstić information content (AvgIpc) is 2.16. The molecule has 5 heteroatoms. The molecule has 0 aliphatic rings. The maximum absolute atomic E-state index is 11.1. The Bertz CT molecular complexity index is 325. The number of esters is 1. The highest BCUT2D eigenvalue weighted by atomic mass is 16.5. The highest BCUT2D eigenvalue weighted by molar-refractivity contribution is 5.92. The molecule has 2 N–H and O–H groups in total. The zero-order valence-electron chi connectivity index (χ0n) is 7.40. The lowest BCUT2D eigenvalue weighted by molar-refractivity contribution is 0.0590. The molecule has 0 unspecified atom stereocenters. The molecule has 0 spiro atoms. The second kappa shape index (κ2) is 3.75. The first-order valence-electron chi connectivity index (χ1n) is 3.57. The first-order chi connectivity index (χ1) is 6.20. The van der Waals surface area contributed by atoms with Crippen LogP contribution in [-0.2, 0) is 4.74 Å². The molecule has 5 nitrogen and oxygen atoms in total. The molecule has 0 fully saturated rings. The van der Waals surface area contributed by atoms with Gasteiger partial charge in [0, 0.05) is 6.20 Å². The second-order valence-corrected chi connectivity index (χ2v) is 2.27. The predicted octanol–water partition coefficient (Wildman–Crippen LogP) is 0.459. The average molecular weight is 182 g/mol. The van der Waals surface area contributed by atoms with E-state index in [1.807, 2.05) is 0 Å². The fraction of sp³-hybridized carbons (Fsp3) is 0.250. The molecular formula is C8H10N2O3. The summed E-state index contributed by atoms with van der Waals surface area (Å²) in [5.41, 5.74) is 6.00. The number of carbonyl (C=O) groups excluding carboxylic acids is 1. The topological polar surface area (TPSA) is 74.4 Å². The summed E-state index contributed by atoms with van der Waals surface area (Å²) in [4.78, 5) is 14.9. The summed E-state index contributed by atoms with van der Waals surface area (Å²) in [5, 5.41) is 0. The maximum Gasteiger partial charge on any atom is 0.360 e. The molecule has 1 aromatic heterocycles. The van der Waals surface area contributed by atoms with E-state index >= 15 is 0 Å². The quantitative estimate of drug-likeness (QED) is 0.672. The Morgan fingerprint density at radius 3 is 2.77 bits per heavy atom. The van der Waals surface area contributed by atoms with Gasteiger partial charge in [-0.1, -0.05) is 0 Å². The summed E-state index contributed by atoms with van der Waals surface area (Å²) in [5.74, 6) is -0.321. The lowest BCUT2D eigenvalue weighted by Crippen LogP contribution is -2.08. The Kier molecular flexibility index (Phi) is 2.69. The molecular weight excluding hydrogens is 172 g/mol. The number of hydrogen-bond donors (Lipinski definition) is 1. The summed E-state index contributed by atoms with van der Waals surface area (Å²) in [6.45, 7) is 0. The van der Waals surface area contributed by atoms with Gasteiger partial charge in [-0.3, -0.25) is 0 Å². The molecule has 0 atom stereocenters. The van der Waals surface area contributed by atoms with Crippen LogP contribution in [0.15, 0.2) is 12.3 Å². The van der Waals surface area contributed by atoms with E-state index in [1.165, 1.54) is 20.4 Å². The van der Waals surface area contributed by atoms with Crippen LogP contribution in [0.1, 0.15) is 10.5 Å². The molecule has 13 heavy (non-hydrogen) atoms. The largest absolute Gasteiger partial charge is 0.492 e. The van der Waals surface area contributed by atoms with Gasteiger partial charge in [0.1, 0.15) is 0 Å². The first kappa shape index (κ1) is 9.31. The Hall–Kier alpha value is -1.78. The van der Waals surface area contributed by atoms with Crippen LogP contribution in [0.5, 0.6) is 5.75 Å². The van der Waals surface area contributed by atoms with Gasteiger partial charge >= 0.3 is 5.97 Å². The smallest absolute Gasteiger partial charge is 0.360 e. The van der Waals surface area contributed by atoms with Crippen molar-refractivity contribution in [3.8, 4) is 5.75 Å². The van der Waals surface area contributed by atoms with Crippen molar-refractivity contribution in [2.24, 2.45) is 0 Å². The minimum Gasteiger partial charge on any atom is -0.492 e. The summed E-state index contributed by atoms with van der Waals surface area (Å²) in [6.07, 6.45) is 1.42. The van der Waals surface area contributed by atoms with Crippen LogP contribution in [0.4, 0.5) is 5.69 Å². The zero-order valence-corrected chi connectivity index (χ0v) is 7.40. The molecule has 1 aromatic rings. The van der Waals surface area contributed by atoms with Crippen molar-refractivity contribution in [2.75, 3.05) is 20.0 Å². The van der Waals surface area contributed by atoms with Crippen molar-refractivity contribution >= 4 is 11.7 Å². The Morgan fingerprint density at radius 2 is 2.23 bits per heavy atom. The molecule has 70 valence electrons. The van der Waals surface area contributed by atoms with E-state index in [9.17, 15) is 4.79 Å². The Morgan fingerprint density at radius 1 is 1.54 bits per heavy atom. The molecule has 0 bridgehead atoms. The lowest BCUT2D eigenvalue weighted by atomic mass is 10.3. The van der Waals surface area contributed by atoms with Gasteiger partial charge in [-0.05, 0) is 6.07 Å². The molecule has 0 radical (unpaired) electrons. The standard InChI is InChI=1S/C8H10N2O3/c1-12-7-5(9)3-4-10-6(7)8(11)13-2/h3-4H,1-2H3,(H2,9,10). The monoisotopic (exact) mass is 182 g/mol. The summed E-state index contributed by atoms with van der Waals surface area (Å²) in [7, 11) is 2.69. The van der Waals surface area contributed by atoms with Crippen LogP contribution in [0, 0.1) is 0 Å². The van der Waals surface area contributed by atoms with E-state index in [0.717, 1.165) is 0 Å². The summed E-state index contributed by atoms with van der Waals surface area (Å²) >= 11 is 0. The number of hydrogen-bond acceptors (Lipinski definition) is 5. The van der Waals surface area contributed by atoms with E-state index in [4.69, 9.17) is 10.5 Å². The summed E-state index contributed by atoms with van der Waals surface area (Å²) < 4.78 is 9.41. The van der Waals surface area contributed by atoms with Crippen LogP contribution in [0.25, 0.3) is 0 Å². The number of aromatic nitrogens is 1.